The van der Waals surface area contributed by atoms with Gasteiger partial charge in [0.25, 0.3) is 0 Å². The number of hydrogen-bond acceptors (Lipinski definition) is 4. The summed E-state index contributed by atoms with van der Waals surface area (Å²) in [5, 5.41) is 11.5. The van der Waals surface area contributed by atoms with E-state index in [1.165, 1.54) is 0 Å². The van der Waals surface area contributed by atoms with Crippen molar-refractivity contribution in [2.45, 2.75) is 31.0 Å². The molecule has 2 rings (SSSR count). The molecule has 0 spiro atoms. The van der Waals surface area contributed by atoms with Gasteiger partial charge in [-0.2, -0.15) is 0 Å². The third-order valence-corrected chi connectivity index (χ3v) is 4.23. The molecule has 2 atom stereocenters. The zero-order chi connectivity index (χ0) is 19.9. The van der Waals surface area contributed by atoms with Gasteiger partial charge in [-0.3, -0.25) is 9.59 Å². The van der Waals surface area contributed by atoms with Crippen LogP contribution in [0.15, 0.2) is 30.3 Å². The number of benzene rings is 1. The summed E-state index contributed by atoms with van der Waals surface area (Å²) in [5.41, 5.74) is -2.36. The van der Waals surface area contributed by atoms with E-state index in [1.807, 2.05) is 18.2 Å². The molecule has 1 aromatic carbocycles. The largest absolute Gasteiger partial charge is 0.494 e. The van der Waals surface area contributed by atoms with Crippen LogP contribution in [0.25, 0.3) is 0 Å². The molecule has 0 unspecified atom stereocenters. The number of carbonyl (C=O) groups is 3. The van der Waals surface area contributed by atoms with Gasteiger partial charge < -0.3 is 20.1 Å². The van der Waals surface area contributed by atoms with Gasteiger partial charge in [-0.1, -0.05) is 18.2 Å². The highest BCUT2D eigenvalue weighted by atomic mass is 19.2. The zero-order valence-electron chi connectivity index (χ0n) is 14.7. The standard InChI is InChI=1S/C18H22F2N2O5/c19-11-18(20)9-14(17(25)26)22(12-18)16(24)10-21-15(23)7-4-8-27-13-5-2-1-3-6-13/h1-3,5-6,14H,4,7-12H2,(H,21,23)(H,25,26)/t14-,18-/m0/s1. The molecule has 0 saturated carbocycles. The Kier molecular flexibility index (Phi) is 7.09. The first-order valence-electron chi connectivity index (χ1n) is 8.56. The van der Waals surface area contributed by atoms with E-state index < -0.39 is 55.7 Å². The predicted octanol–water partition coefficient (Wildman–Crippen LogP) is 1.33. The number of para-hydroxylation sites is 1. The Morgan fingerprint density at radius 2 is 2.00 bits per heavy atom. The molecule has 0 radical (unpaired) electrons. The van der Waals surface area contributed by atoms with Gasteiger partial charge in [0.05, 0.1) is 19.7 Å². The first-order valence-corrected chi connectivity index (χ1v) is 8.56. The minimum absolute atomic E-state index is 0.111. The van der Waals surface area contributed by atoms with Crippen molar-refractivity contribution < 1.29 is 33.0 Å². The number of hydrogen-bond donors (Lipinski definition) is 2. The average molecular weight is 384 g/mol. The number of likely N-dealkylation sites (tertiary alicyclic amines) is 1. The number of carboxylic acids is 1. The van der Waals surface area contributed by atoms with E-state index in [1.54, 1.807) is 12.1 Å². The first-order chi connectivity index (χ1) is 12.8. The van der Waals surface area contributed by atoms with Crippen LogP contribution in [-0.4, -0.2) is 65.9 Å². The predicted molar refractivity (Wildman–Crippen MR) is 91.7 cm³/mol. The summed E-state index contributed by atoms with van der Waals surface area (Å²) in [4.78, 5) is 35.8. The Morgan fingerprint density at radius 1 is 1.30 bits per heavy atom. The molecule has 0 aromatic heterocycles. The second kappa shape index (κ2) is 9.29. The number of nitrogens with zero attached hydrogens (tertiary/aromatic N) is 1. The molecule has 27 heavy (non-hydrogen) atoms. The smallest absolute Gasteiger partial charge is 0.326 e. The number of aliphatic carboxylic acids is 1. The molecule has 1 saturated heterocycles. The van der Waals surface area contributed by atoms with Crippen LogP contribution >= 0.6 is 0 Å². The Hall–Kier alpha value is -2.71. The SMILES string of the molecule is O=C(CCCOc1ccccc1)NCC(=O)N1C[C@@](F)(CF)C[C@H]1C(=O)O. The maximum atomic E-state index is 14.1. The fraction of sp³-hybridized carbons (Fsp3) is 0.500. The van der Waals surface area contributed by atoms with Gasteiger partial charge in [0.1, 0.15) is 18.5 Å². The molecular weight excluding hydrogens is 362 g/mol. The minimum Gasteiger partial charge on any atom is -0.494 e. The second-order valence-electron chi connectivity index (χ2n) is 6.41. The molecule has 1 aromatic rings. The van der Waals surface area contributed by atoms with Crippen molar-refractivity contribution in [2.24, 2.45) is 0 Å². The van der Waals surface area contributed by atoms with Gasteiger partial charge in [0.2, 0.25) is 11.8 Å². The summed E-state index contributed by atoms with van der Waals surface area (Å²) in [6, 6.07) is 7.64. The van der Waals surface area contributed by atoms with E-state index in [0.717, 1.165) is 4.90 Å². The number of nitrogens with one attached hydrogen (secondary N) is 1. The van der Waals surface area contributed by atoms with E-state index in [4.69, 9.17) is 9.84 Å². The molecule has 0 bridgehead atoms. The first kappa shape index (κ1) is 20.6. The summed E-state index contributed by atoms with van der Waals surface area (Å²) in [6.45, 7) is -2.15. The molecule has 2 amide bonds. The lowest BCUT2D eigenvalue weighted by atomic mass is 10.0. The lowest BCUT2D eigenvalue weighted by Gasteiger charge is -2.21. The number of carbonyl (C=O) groups excluding carboxylic acids is 2. The van der Waals surface area contributed by atoms with E-state index in [0.29, 0.717) is 18.8 Å². The molecule has 0 aliphatic carbocycles. The normalized spacial score (nSPS) is 21.7. The van der Waals surface area contributed by atoms with Gasteiger partial charge >= 0.3 is 5.97 Å². The Balaban J connectivity index is 1.72. The number of ether oxygens (including phenoxy) is 1. The van der Waals surface area contributed by atoms with Crippen LogP contribution in [-0.2, 0) is 14.4 Å². The summed E-state index contributed by atoms with van der Waals surface area (Å²) >= 11 is 0. The molecule has 1 fully saturated rings. The lowest BCUT2D eigenvalue weighted by Crippen LogP contribution is -2.46. The van der Waals surface area contributed by atoms with E-state index in [-0.39, 0.29) is 6.42 Å². The van der Waals surface area contributed by atoms with E-state index in [9.17, 15) is 23.2 Å². The summed E-state index contributed by atoms with van der Waals surface area (Å²) in [7, 11) is 0. The maximum Gasteiger partial charge on any atom is 0.326 e. The molecule has 1 heterocycles. The van der Waals surface area contributed by atoms with Gasteiger partial charge in [-0.05, 0) is 18.6 Å². The van der Waals surface area contributed by atoms with Crippen molar-refractivity contribution in [3.8, 4) is 5.75 Å². The third-order valence-electron chi connectivity index (χ3n) is 4.23. The van der Waals surface area contributed by atoms with Crippen molar-refractivity contribution in [1.82, 2.24) is 10.2 Å². The van der Waals surface area contributed by atoms with Gasteiger partial charge in [-0.25, -0.2) is 13.6 Å². The summed E-state index contributed by atoms with van der Waals surface area (Å²) in [6.07, 6.45) is -0.0683. The van der Waals surface area contributed by atoms with Crippen LogP contribution in [0.3, 0.4) is 0 Å². The van der Waals surface area contributed by atoms with Crippen molar-refractivity contribution in [3.63, 3.8) is 0 Å². The van der Waals surface area contributed by atoms with Gasteiger partial charge in [0.15, 0.2) is 5.67 Å². The summed E-state index contributed by atoms with van der Waals surface area (Å²) in [5.74, 6) is -1.89. The molecule has 9 heteroatoms. The lowest BCUT2D eigenvalue weighted by molar-refractivity contribution is -0.148. The average Bonchev–Trinajstić information content (AvgIpc) is 3.03. The second-order valence-corrected chi connectivity index (χ2v) is 6.41. The highest BCUT2D eigenvalue weighted by Gasteiger charge is 2.49. The molecule has 1 aliphatic heterocycles. The van der Waals surface area contributed by atoms with Gasteiger partial charge in [-0.15, -0.1) is 0 Å². The maximum absolute atomic E-state index is 14.1. The number of alkyl halides is 2. The van der Waals surface area contributed by atoms with Crippen LogP contribution in [0.4, 0.5) is 8.78 Å². The highest BCUT2D eigenvalue weighted by molar-refractivity contribution is 5.88. The molecule has 148 valence electrons. The highest BCUT2D eigenvalue weighted by Crippen LogP contribution is 2.31. The summed E-state index contributed by atoms with van der Waals surface area (Å²) < 4.78 is 32.3. The monoisotopic (exact) mass is 384 g/mol. The zero-order valence-corrected chi connectivity index (χ0v) is 14.7. The van der Waals surface area contributed by atoms with E-state index >= 15 is 0 Å². The molecule has 1 aliphatic rings. The number of carboxylic acid groups (broad SMARTS) is 1. The Labute approximate surface area is 155 Å². The molecule has 2 N–H and O–H groups in total. The van der Waals surface area contributed by atoms with E-state index in [2.05, 4.69) is 5.32 Å². The van der Waals surface area contributed by atoms with Crippen LogP contribution in [0.5, 0.6) is 5.75 Å². The van der Waals surface area contributed by atoms with Gasteiger partial charge in [0, 0.05) is 12.8 Å². The van der Waals surface area contributed by atoms with Crippen molar-refractivity contribution in [3.05, 3.63) is 30.3 Å². The topological polar surface area (TPSA) is 95.9 Å². The van der Waals surface area contributed by atoms with Crippen LogP contribution in [0, 0.1) is 0 Å². The molecule has 7 nitrogen and oxygen atoms in total. The number of halogens is 2. The quantitative estimate of drug-likeness (QED) is 0.626. The van der Waals surface area contributed by atoms with Crippen LogP contribution in [0.2, 0.25) is 0 Å². The van der Waals surface area contributed by atoms with Crippen LogP contribution in [0.1, 0.15) is 19.3 Å². The number of rotatable bonds is 9. The Morgan fingerprint density at radius 3 is 2.63 bits per heavy atom. The Bertz CT molecular complexity index is 673. The van der Waals surface area contributed by atoms with Crippen molar-refractivity contribution in [2.75, 3.05) is 26.4 Å². The van der Waals surface area contributed by atoms with Crippen molar-refractivity contribution >= 4 is 17.8 Å². The molecular formula is C18H22F2N2O5. The minimum atomic E-state index is -2.36. The number of amides is 2. The van der Waals surface area contributed by atoms with Crippen molar-refractivity contribution in [1.29, 1.82) is 0 Å². The van der Waals surface area contributed by atoms with Crippen LogP contribution < -0.4 is 10.1 Å². The fourth-order valence-corrected chi connectivity index (χ4v) is 2.82. The third kappa shape index (κ3) is 5.90. The fourth-order valence-electron chi connectivity index (χ4n) is 2.82.